The Morgan fingerprint density at radius 2 is 1.87 bits per heavy atom. The summed E-state index contributed by atoms with van der Waals surface area (Å²) >= 11 is 3.06. The summed E-state index contributed by atoms with van der Waals surface area (Å²) in [4.78, 5) is 12.0. The SMILES string of the molecule is O=C(/C=C/c1ccc(Br)cc1OC(F)(F)F)c1ccccc1O. The molecule has 0 saturated carbocycles. The number of para-hydroxylation sites is 1. The number of allylic oxidation sites excluding steroid dienone is 1. The minimum atomic E-state index is -4.84. The summed E-state index contributed by atoms with van der Waals surface area (Å²) in [5.41, 5.74) is 0.133. The largest absolute Gasteiger partial charge is 0.573 e. The molecule has 0 aliphatic heterocycles. The molecule has 0 amide bonds. The number of phenolic OH excluding ortho intramolecular Hbond substituents is 1. The maximum atomic E-state index is 12.4. The van der Waals surface area contributed by atoms with E-state index in [1.54, 1.807) is 12.1 Å². The maximum absolute atomic E-state index is 12.4. The van der Waals surface area contributed by atoms with E-state index in [9.17, 15) is 23.1 Å². The highest BCUT2D eigenvalue weighted by Crippen LogP contribution is 2.30. The average Bonchev–Trinajstić information content (AvgIpc) is 2.45. The number of phenols is 1. The van der Waals surface area contributed by atoms with E-state index in [1.807, 2.05) is 0 Å². The number of hydrogen-bond acceptors (Lipinski definition) is 3. The summed E-state index contributed by atoms with van der Waals surface area (Å²) < 4.78 is 41.6. The van der Waals surface area contributed by atoms with Gasteiger partial charge in [-0.15, -0.1) is 13.2 Å². The predicted molar refractivity (Wildman–Crippen MR) is 82.3 cm³/mol. The molecule has 0 radical (unpaired) electrons. The predicted octanol–water partition coefficient (Wildman–Crippen LogP) is 4.95. The number of ether oxygens (including phenoxy) is 1. The molecule has 2 aromatic rings. The maximum Gasteiger partial charge on any atom is 0.573 e. The topological polar surface area (TPSA) is 46.5 Å². The Bertz CT molecular complexity index is 754. The van der Waals surface area contributed by atoms with E-state index in [1.165, 1.54) is 30.3 Å². The summed E-state index contributed by atoms with van der Waals surface area (Å²) in [5, 5.41) is 9.59. The van der Waals surface area contributed by atoms with Gasteiger partial charge in [0.2, 0.25) is 0 Å². The van der Waals surface area contributed by atoms with Gasteiger partial charge in [-0.25, -0.2) is 0 Å². The van der Waals surface area contributed by atoms with Crippen LogP contribution in [0.5, 0.6) is 11.5 Å². The third-order valence-electron chi connectivity index (χ3n) is 2.79. The van der Waals surface area contributed by atoms with Crippen molar-refractivity contribution in [3.8, 4) is 11.5 Å². The first-order valence-electron chi connectivity index (χ1n) is 6.32. The molecule has 0 atom stereocenters. The van der Waals surface area contributed by atoms with E-state index in [-0.39, 0.29) is 16.9 Å². The standard InChI is InChI=1S/C16H10BrF3O3/c17-11-7-5-10(15(9-11)23-16(18,19)20)6-8-14(22)12-3-1-2-4-13(12)21/h1-9,21H/b8-6+. The minimum Gasteiger partial charge on any atom is -0.507 e. The van der Waals surface area contributed by atoms with Crippen LogP contribution in [-0.2, 0) is 0 Å². The number of aromatic hydroxyl groups is 1. The molecule has 2 aromatic carbocycles. The third kappa shape index (κ3) is 4.85. The number of carbonyl (C=O) groups is 1. The van der Waals surface area contributed by atoms with Crippen LogP contribution in [0.4, 0.5) is 13.2 Å². The van der Waals surface area contributed by atoms with Crippen LogP contribution in [0.25, 0.3) is 6.08 Å². The Morgan fingerprint density at radius 1 is 1.17 bits per heavy atom. The lowest BCUT2D eigenvalue weighted by atomic mass is 10.1. The fourth-order valence-electron chi connectivity index (χ4n) is 1.80. The molecule has 0 fully saturated rings. The van der Waals surface area contributed by atoms with E-state index in [0.29, 0.717) is 4.47 Å². The Labute approximate surface area is 138 Å². The van der Waals surface area contributed by atoms with Crippen molar-refractivity contribution in [3.63, 3.8) is 0 Å². The molecular formula is C16H10BrF3O3. The summed E-state index contributed by atoms with van der Waals surface area (Å²) in [7, 11) is 0. The first kappa shape index (κ1) is 17.1. The zero-order valence-electron chi connectivity index (χ0n) is 11.5. The van der Waals surface area contributed by atoms with Crippen molar-refractivity contribution in [2.45, 2.75) is 6.36 Å². The fraction of sp³-hybridized carbons (Fsp3) is 0.0625. The monoisotopic (exact) mass is 386 g/mol. The van der Waals surface area contributed by atoms with Crippen LogP contribution in [0.2, 0.25) is 0 Å². The van der Waals surface area contributed by atoms with Crippen LogP contribution >= 0.6 is 15.9 Å². The highest BCUT2D eigenvalue weighted by molar-refractivity contribution is 9.10. The molecule has 0 bridgehead atoms. The third-order valence-corrected chi connectivity index (χ3v) is 3.28. The molecule has 0 aromatic heterocycles. The average molecular weight is 387 g/mol. The smallest absolute Gasteiger partial charge is 0.507 e. The van der Waals surface area contributed by atoms with Gasteiger partial charge in [0.15, 0.2) is 5.78 Å². The molecule has 0 aliphatic rings. The van der Waals surface area contributed by atoms with Gasteiger partial charge in [0.1, 0.15) is 11.5 Å². The lowest BCUT2D eigenvalue weighted by molar-refractivity contribution is -0.274. The van der Waals surface area contributed by atoms with Gasteiger partial charge < -0.3 is 9.84 Å². The van der Waals surface area contributed by atoms with Gasteiger partial charge in [0, 0.05) is 10.0 Å². The molecule has 0 unspecified atom stereocenters. The lowest BCUT2D eigenvalue weighted by Gasteiger charge is -2.11. The number of ketones is 1. The molecule has 0 heterocycles. The van der Waals surface area contributed by atoms with Crippen molar-refractivity contribution >= 4 is 27.8 Å². The Hall–Kier alpha value is -2.28. The number of alkyl halides is 3. The Kier molecular flexibility index (Phi) is 5.10. The van der Waals surface area contributed by atoms with Gasteiger partial charge in [-0.2, -0.15) is 0 Å². The summed E-state index contributed by atoms with van der Waals surface area (Å²) in [6.07, 6.45) is -2.57. The van der Waals surface area contributed by atoms with Crippen LogP contribution in [0.3, 0.4) is 0 Å². The molecule has 7 heteroatoms. The van der Waals surface area contributed by atoms with Crippen LogP contribution in [-0.4, -0.2) is 17.3 Å². The molecule has 23 heavy (non-hydrogen) atoms. The zero-order valence-corrected chi connectivity index (χ0v) is 13.1. The minimum absolute atomic E-state index is 0.0548. The molecule has 0 spiro atoms. The zero-order chi connectivity index (χ0) is 17.0. The number of hydrogen-bond donors (Lipinski definition) is 1. The second kappa shape index (κ2) is 6.87. The van der Waals surface area contributed by atoms with Gasteiger partial charge in [0.25, 0.3) is 0 Å². The van der Waals surface area contributed by atoms with Crippen molar-refractivity contribution in [1.29, 1.82) is 0 Å². The first-order valence-corrected chi connectivity index (χ1v) is 7.11. The molecule has 1 N–H and O–H groups in total. The van der Waals surface area contributed by atoms with Crippen molar-refractivity contribution in [3.05, 3.63) is 64.1 Å². The number of benzene rings is 2. The molecule has 0 aliphatic carbocycles. The van der Waals surface area contributed by atoms with Gasteiger partial charge in [0.05, 0.1) is 5.56 Å². The highest BCUT2D eigenvalue weighted by Gasteiger charge is 2.32. The molecule has 2 rings (SSSR count). The second-order valence-corrected chi connectivity index (χ2v) is 5.36. The van der Waals surface area contributed by atoms with Crippen molar-refractivity contribution in [2.24, 2.45) is 0 Å². The van der Waals surface area contributed by atoms with E-state index < -0.39 is 17.9 Å². The number of halogens is 4. The van der Waals surface area contributed by atoms with Crippen LogP contribution in [0, 0.1) is 0 Å². The first-order chi connectivity index (χ1) is 10.8. The van der Waals surface area contributed by atoms with Gasteiger partial charge in [-0.3, -0.25) is 4.79 Å². The van der Waals surface area contributed by atoms with Crippen LogP contribution in [0.1, 0.15) is 15.9 Å². The van der Waals surface area contributed by atoms with E-state index in [4.69, 9.17) is 0 Å². The molecule has 120 valence electrons. The second-order valence-electron chi connectivity index (χ2n) is 4.44. The Morgan fingerprint density at radius 3 is 2.52 bits per heavy atom. The van der Waals surface area contributed by atoms with Gasteiger partial charge in [-0.05, 0) is 36.4 Å². The molecular weight excluding hydrogens is 377 g/mol. The van der Waals surface area contributed by atoms with E-state index >= 15 is 0 Å². The molecule has 0 saturated heterocycles. The van der Waals surface area contributed by atoms with Crippen LogP contribution < -0.4 is 4.74 Å². The van der Waals surface area contributed by atoms with Crippen LogP contribution in [0.15, 0.2) is 53.0 Å². The van der Waals surface area contributed by atoms with Crippen molar-refractivity contribution in [1.82, 2.24) is 0 Å². The quantitative estimate of drug-likeness (QED) is 0.597. The van der Waals surface area contributed by atoms with E-state index in [2.05, 4.69) is 20.7 Å². The van der Waals surface area contributed by atoms with Crippen molar-refractivity contribution < 1.29 is 27.8 Å². The summed E-state index contributed by atoms with van der Waals surface area (Å²) in [6.45, 7) is 0. The van der Waals surface area contributed by atoms with Crippen molar-refractivity contribution in [2.75, 3.05) is 0 Å². The molecule has 3 nitrogen and oxygen atoms in total. The normalized spacial score (nSPS) is 11.7. The fourth-order valence-corrected chi connectivity index (χ4v) is 2.14. The van der Waals surface area contributed by atoms with Gasteiger partial charge in [-0.1, -0.05) is 34.1 Å². The number of carbonyl (C=O) groups excluding carboxylic acids is 1. The summed E-state index contributed by atoms with van der Waals surface area (Å²) in [6, 6.07) is 9.93. The summed E-state index contributed by atoms with van der Waals surface area (Å²) in [5.74, 6) is -1.18. The van der Waals surface area contributed by atoms with E-state index in [0.717, 1.165) is 12.1 Å². The van der Waals surface area contributed by atoms with Gasteiger partial charge >= 0.3 is 6.36 Å². The Balaban J connectivity index is 2.29. The lowest BCUT2D eigenvalue weighted by Crippen LogP contribution is -2.17. The highest BCUT2D eigenvalue weighted by atomic mass is 79.9. The number of rotatable bonds is 4.